The Kier molecular flexibility index (Phi) is 4.92. The minimum absolute atomic E-state index is 0.891. The predicted molar refractivity (Wildman–Crippen MR) is 62.4 cm³/mol. The molecule has 0 spiro atoms. The van der Waals surface area contributed by atoms with E-state index in [0.29, 0.717) is 0 Å². The Balaban J connectivity index is 2.38. The fourth-order valence-corrected chi connectivity index (χ4v) is 1.53. The van der Waals surface area contributed by atoms with Gasteiger partial charge in [-0.3, -0.25) is 4.68 Å². The first kappa shape index (κ1) is 11.8. The van der Waals surface area contributed by atoms with Crippen molar-refractivity contribution in [1.82, 2.24) is 15.1 Å². The van der Waals surface area contributed by atoms with Crippen molar-refractivity contribution in [2.24, 2.45) is 7.05 Å². The Labute approximate surface area is 91.9 Å². The summed E-state index contributed by atoms with van der Waals surface area (Å²) in [6.07, 6.45) is 3.99. The lowest BCUT2D eigenvalue weighted by Crippen LogP contribution is -2.14. The molecule has 1 N–H and O–H groups in total. The van der Waals surface area contributed by atoms with Gasteiger partial charge in [-0.05, 0) is 13.3 Å². The summed E-state index contributed by atoms with van der Waals surface area (Å²) >= 11 is 0. The van der Waals surface area contributed by atoms with E-state index in [1.54, 1.807) is 0 Å². The maximum Gasteiger partial charge on any atom is 0.0666 e. The van der Waals surface area contributed by atoms with Gasteiger partial charge in [0.05, 0.1) is 5.69 Å². The number of aryl methyl sites for hydroxylation is 2. The largest absolute Gasteiger partial charge is 0.312 e. The lowest BCUT2D eigenvalue weighted by molar-refractivity contribution is 0.696. The van der Waals surface area contributed by atoms with Crippen molar-refractivity contribution in [3.05, 3.63) is 17.5 Å². The Morgan fingerprint density at radius 2 is 2.33 bits per heavy atom. The van der Waals surface area contributed by atoms with E-state index in [-0.39, 0.29) is 0 Å². The van der Waals surface area contributed by atoms with Gasteiger partial charge in [0.1, 0.15) is 0 Å². The summed E-state index contributed by atoms with van der Waals surface area (Å²) in [5, 5.41) is 7.76. The monoisotopic (exact) mass is 205 g/mol. The lowest BCUT2D eigenvalue weighted by atomic mass is 10.2. The van der Waals surface area contributed by atoms with Gasteiger partial charge in [0.15, 0.2) is 0 Å². The van der Waals surface area contributed by atoms with Crippen LogP contribution in [0.2, 0.25) is 0 Å². The van der Waals surface area contributed by atoms with Crippen LogP contribution in [0.1, 0.15) is 31.5 Å². The zero-order valence-corrected chi connectivity index (χ0v) is 9.80. The molecule has 1 aromatic rings. The van der Waals surface area contributed by atoms with Crippen molar-refractivity contribution in [3.8, 4) is 11.8 Å². The number of rotatable bonds is 5. The molecule has 0 saturated heterocycles. The molecule has 1 heterocycles. The summed E-state index contributed by atoms with van der Waals surface area (Å²) in [7, 11) is 1.96. The average molecular weight is 205 g/mol. The normalized spacial score (nSPS) is 9.80. The summed E-state index contributed by atoms with van der Waals surface area (Å²) in [6.45, 7) is 5.84. The van der Waals surface area contributed by atoms with Crippen LogP contribution in [0.4, 0.5) is 0 Å². The summed E-state index contributed by atoms with van der Waals surface area (Å²) in [4.78, 5) is 0. The highest BCUT2D eigenvalue weighted by Crippen LogP contribution is 2.06. The maximum absolute atomic E-state index is 4.39. The van der Waals surface area contributed by atoms with E-state index in [9.17, 15) is 0 Å². The smallest absolute Gasteiger partial charge is 0.0666 e. The zero-order valence-electron chi connectivity index (χ0n) is 9.80. The second-order valence-corrected chi connectivity index (χ2v) is 3.48. The third kappa shape index (κ3) is 3.77. The van der Waals surface area contributed by atoms with Crippen LogP contribution in [-0.2, 0) is 20.0 Å². The van der Waals surface area contributed by atoms with Gasteiger partial charge in [0.25, 0.3) is 0 Å². The van der Waals surface area contributed by atoms with Gasteiger partial charge in [0, 0.05) is 38.3 Å². The molecule has 1 rings (SSSR count). The SMILES string of the molecule is CC#CCCNCc1cn(C)nc1CC. The highest BCUT2D eigenvalue weighted by Gasteiger charge is 2.04. The van der Waals surface area contributed by atoms with E-state index >= 15 is 0 Å². The lowest BCUT2D eigenvalue weighted by Gasteiger charge is -2.01. The maximum atomic E-state index is 4.39. The average Bonchev–Trinajstić information content (AvgIpc) is 2.59. The van der Waals surface area contributed by atoms with Crippen LogP contribution in [0.15, 0.2) is 6.20 Å². The van der Waals surface area contributed by atoms with Crippen molar-refractivity contribution in [3.63, 3.8) is 0 Å². The summed E-state index contributed by atoms with van der Waals surface area (Å²) in [5.74, 6) is 5.92. The van der Waals surface area contributed by atoms with E-state index in [1.165, 1.54) is 11.3 Å². The molecule has 82 valence electrons. The summed E-state index contributed by atoms with van der Waals surface area (Å²) in [5.41, 5.74) is 2.48. The number of nitrogens with one attached hydrogen (secondary N) is 1. The molecule has 0 bridgehead atoms. The predicted octanol–water partition coefficient (Wildman–Crippen LogP) is 1.49. The number of hydrogen-bond donors (Lipinski definition) is 1. The van der Waals surface area contributed by atoms with Crippen LogP contribution in [0.25, 0.3) is 0 Å². The molecule has 3 heteroatoms. The molecule has 3 nitrogen and oxygen atoms in total. The van der Waals surface area contributed by atoms with Gasteiger partial charge in [0.2, 0.25) is 0 Å². The van der Waals surface area contributed by atoms with Crippen molar-refractivity contribution >= 4 is 0 Å². The Morgan fingerprint density at radius 1 is 1.53 bits per heavy atom. The molecule has 0 radical (unpaired) electrons. The van der Waals surface area contributed by atoms with Crippen molar-refractivity contribution < 1.29 is 0 Å². The highest BCUT2D eigenvalue weighted by molar-refractivity contribution is 5.16. The standard InChI is InChI=1S/C12H19N3/c1-4-6-7-8-13-9-11-10-15(3)14-12(11)5-2/h10,13H,5,7-9H2,1-3H3. The van der Waals surface area contributed by atoms with Crippen molar-refractivity contribution in [1.29, 1.82) is 0 Å². The molecule has 0 aliphatic carbocycles. The van der Waals surface area contributed by atoms with Gasteiger partial charge in [-0.1, -0.05) is 6.92 Å². The molecule has 0 saturated carbocycles. The molecular weight excluding hydrogens is 186 g/mol. The van der Waals surface area contributed by atoms with Crippen molar-refractivity contribution in [2.45, 2.75) is 33.2 Å². The van der Waals surface area contributed by atoms with Gasteiger partial charge in [-0.25, -0.2) is 0 Å². The van der Waals surface area contributed by atoms with Crippen LogP contribution >= 0.6 is 0 Å². The molecule has 0 aliphatic heterocycles. The zero-order chi connectivity index (χ0) is 11.1. The number of nitrogens with zero attached hydrogens (tertiary/aromatic N) is 2. The van der Waals surface area contributed by atoms with E-state index in [1.807, 2.05) is 18.7 Å². The van der Waals surface area contributed by atoms with E-state index in [4.69, 9.17) is 0 Å². The molecule has 0 atom stereocenters. The fourth-order valence-electron chi connectivity index (χ4n) is 1.53. The molecule has 0 fully saturated rings. The van der Waals surface area contributed by atoms with Gasteiger partial charge < -0.3 is 5.32 Å². The number of hydrogen-bond acceptors (Lipinski definition) is 2. The van der Waals surface area contributed by atoms with Crippen molar-refractivity contribution in [2.75, 3.05) is 6.54 Å². The van der Waals surface area contributed by atoms with E-state index in [0.717, 1.165) is 25.9 Å². The molecule has 0 amide bonds. The van der Waals surface area contributed by atoms with Gasteiger partial charge >= 0.3 is 0 Å². The molecular formula is C12H19N3. The number of aromatic nitrogens is 2. The second kappa shape index (κ2) is 6.26. The molecule has 0 unspecified atom stereocenters. The fraction of sp³-hybridized carbons (Fsp3) is 0.583. The van der Waals surface area contributed by atoms with Crippen LogP contribution < -0.4 is 5.32 Å². The minimum atomic E-state index is 0.891. The molecule has 1 aromatic heterocycles. The first-order valence-corrected chi connectivity index (χ1v) is 5.39. The van der Waals surface area contributed by atoms with Crippen LogP contribution in [-0.4, -0.2) is 16.3 Å². The minimum Gasteiger partial charge on any atom is -0.312 e. The third-order valence-corrected chi connectivity index (χ3v) is 2.25. The molecule has 15 heavy (non-hydrogen) atoms. The molecule has 0 aromatic carbocycles. The van der Waals surface area contributed by atoms with Gasteiger partial charge in [-0.15, -0.1) is 11.8 Å². The third-order valence-electron chi connectivity index (χ3n) is 2.25. The first-order chi connectivity index (χ1) is 7.27. The topological polar surface area (TPSA) is 29.9 Å². The van der Waals surface area contributed by atoms with E-state index < -0.39 is 0 Å². The highest BCUT2D eigenvalue weighted by atomic mass is 15.3. The first-order valence-electron chi connectivity index (χ1n) is 5.39. The summed E-state index contributed by atoms with van der Waals surface area (Å²) in [6, 6.07) is 0. The summed E-state index contributed by atoms with van der Waals surface area (Å²) < 4.78 is 1.88. The Morgan fingerprint density at radius 3 is 3.00 bits per heavy atom. The second-order valence-electron chi connectivity index (χ2n) is 3.48. The van der Waals surface area contributed by atoms with E-state index in [2.05, 4.69) is 35.4 Å². The van der Waals surface area contributed by atoms with Crippen LogP contribution in [0.3, 0.4) is 0 Å². The van der Waals surface area contributed by atoms with Crippen LogP contribution in [0.5, 0.6) is 0 Å². The Hall–Kier alpha value is -1.27. The quantitative estimate of drug-likeness (QED) is 0.583. The Bertz CT molecular complexity index is 355. The van der Waals surface area contributed by atoms with Gasteiger partial charge in [-0.2, -0.15) is 5.10 Å². The van der Waals surface area contributed by atoms with Crippen LogP contribution in [0, 0.1) is 11.8 Å². The molecule has 0 aliphatic rings.